The number of rotatable bonds is 5. The SMILES string of the molecule is CC1CCC(C)CC1.COc1cc(CC(C)=O)cc(OC)c1O.Cc1nc(N(C)C)c2ccccc2n1. The van der Waals surface area contributed by atoms with Gasteiger partial charge in [-0.25, -0.2) is 9.97 Å². The number of phenols is 1. The van der Waals surface area contributed by atoms with Crippen molar-refractivity contribution in [2.75, 3.05) is 33.2 Å². The second kappa shape index (κ2) is 14.4. The predicted octanol–water partition coefficient (Wildman–Crippen LogP) is 6.38. The Morgan fingerprint density at radius 3 is 1.95 bits per heavy atom. The van der Waals surface area contributed by atoms with Crippen LogP contribution >= 0.6 is 0 Å². The molecule has 7 nitrogen and oxygen atoms in total. The molecule has 2 aromatic carbocycles. The largest absolute Gasteiger partial charge is 0.502 e. The molecule has 3 aromatic rings. The molecule has 1 fully saturated rings. The zero-order chi connectivity index (χ0) is 27.5. The molecule has 1 heterocycles. The van der Waals surface area contributed by atoms with Gasteiger partial charge in [0.2, 0.25) is 5.75 Å². The minimum absolute atomic E-state index is 0.0461. The number of methoxy groups -OCH3 is 2. The molecule has 0 bridgehead atoms. The molecule has 1 N–H and O–H groups in total. The van der Waals surface area contributed by atoms with Gasteiger partial charge in [-0.2, -0.15) is 0 Å². The summed E-state index contributed by atoms with van der Waals surface area (Å²) in [5.74, 6) is 4.45. The number of anilines is 1. The monoisotopic (exact) mass is 509 g/mol. The summed E-state index contributed by atoms with van der Waals surface area (Å²) in [6.45, 7) is 8.16. The fraction of sp³-hybridized carbons (Fsp3) is 0.500. The number of ketones is 1. The quantitative estimate of drug-likeness (QED) is 0.427. The third kappa shape index (κ3) is 9.23. The summed E-state index contributed by atoms with van der Waals surface area (Å²) in [6.07, 6.45) is 6.19. The molecule has 1 saturated carbocycles. The number of aromatic hydroxyl groups is 1. The van der Waals surface area contributed by atoms with Crippen LogP contribution in [0.4, 0.5) is 5.82 Å². The Morgan fingerprint density at radius 2 is 1.49 bits per heavy atom. The maximum atomic E-state index is 11.0. The van der Waals surface area contributed by atoms with Crippen LogP contribution in [0.15, 0.2) is 36.4 Å². The van der Waals surface area contributed by atoms with Gasteiger partial charge in [-0.05, 0) is 55.5 Å². The Hall–Kier alpha value is -3.35. The minimum atomic E-state index is -0.0488. The second-order valence-electron chi connectivity index (χ2n) is 10.1. The van der Waals surface area contributed by atoms with Crippen molar-refractivity contribution in [3.8, 4) is 17.2 Å². The number of ether oxygens (including phenoxy) is 2. The van der Waals surface area contributed by atoms with Gasteiger partial charge in [0.25, 0.3) is 0 Å². The molecule has 1 aliphatic rings. The van der Waals surface area contributed by atoms with Gasteiger partial charge in [-0.1, -0.05) is 51.7 Å². The van der Waals surface area contributed by atoms with E-state index in [1.807, 2.05) is 50.2 Å². The Bertz CT molecular complexity index is 1120. The molecule has 0 atom stereocenters. The van der Waals surface area contributed by atoms with E-state index in [0.717, 1.165) is 39.9 Å². The highest BCUT2D eigenvalue weighted by Crippen LogP contribution is 2.37. The predicted molar refractivity (Wildman–Crippen MR) is 151 cm³/mol. The van der Waals surface area contributed by atoms with Crippen molar-refractivity contribution in [3.05, 3.63) is 47.8 Å². The van der Waals surface area contributed by atoms with Crippen LogP contribution in [0, 0.1) is 18.8 Å². The van der Waals surface area contributed by atoms with Gasteiger partial charge >= 0.3 is 0 Å². The van der Waals surface area contributed by atoms with Crippen molar-refractivity contribution in [2.45, 2.75) is 59.8 Å². The Labute approximate surface area is 221 Å². The summed E-state index contributed by atoms with van der Waals surface area (Å²) < 4.78 is 9.94. The van der Waals surface area contributed by atoms with Gasteiger partial charge in [0.15, 0.2) is 11.5 Å². The summed E-state index contributed by atoms with van der Waals surface area (Å²) in [7, 11) is 6.89. The van der Waals surface area contributed by atoms with E-state index in [0.29, 0.717) is 17.9 Å². The molecule has 0 spiro atoms. The molecular formula is C30H43N3O4. The van der Waals surface area contributed by atoms with E-state index >= 15 is 0 Å². The average Bonchev–Trinajstić information content (AvgIpc) is 2.86. The molecule has 0 unspecified atom stereocenters. The van der Waals surface area contributed by atoms with Crippen LogP contribution in [-0.2, 0) is 11.2 Å². The number of carbonyl (C=O) groups is 1. The van der Waals surface area contributed by atoms with Crippen LogP contribution in [0.2, 0.25) is 0 Å². The lowest BCUT2D eigenvalue weighted by molar-refractivity contribution is -0.116. The van der Waals surface area contributed by atoms with Gasteiger partial charge in [-0.15, -0.1) is 0 Å². The van der Waals surface area contributed by atoms with E-state index < -0.39 is 0 Å². The van der Waals surface area contributed by atoms with Crippen molar-refractivity contribution in [2.24, 2.45) is 11.8 Å². The first-order chi connectivity index (χ1) is 17.5. The molecule has 7 heteroatoms. The Morgan fingerprint density at radius 1 is 0.973 bits per heavy atom. The number of aromatic nitrogens is 2. The maximum Gasteiger partial charge on any atom is 0.200 e. The van der Waals surface area contributed by atoms with Crippen molar-refractivity contribution < 1.29 is 19.4 Å². The van der Waals surface area contributed by atoms with Gasteiger partial charge in [-0.3, -0.25) is 4.79 Å². The average molecular weight is 510 g/mol. The number of aryl methyl sites for hydroxylation is 1. The highest BCUT2D eigenvalue weighted by molar-refractivity contribution is 5.89. The molecule has 0 amide bonds. The lowest BCUT2D eigenvalue weighted by atomic mass is 9.84. The van der Waals surface area contributed by atoms with E-state index in [9.17, 15) is 9.90 Å². The molecule has 0 radical (unpaired) electrons. The molecule has 1 aliphatic carbocycles. The summed E-state index contributed by atoms with van der Waals surface area (Å²) in [5, 5.41) is 10.7. The zero-order valence-electron chi connectivity index (χ0n) is 23.7. The van der Waals surface area contributed by atoms with Gasteiger partial charge in [0.05, 0.1) is 19.7 Å². The number of hydrogen-bond acceptors (Lipinski definition) is 7. The number of nitrogens with zero attached hydrogens (tertiary/aromatic N) is 3. The second-order valence-corrected chi connectivity index (χ2v) is 10.1. The molecule has 1 aromatic heterocycles. The number of benzene rings is 2. The summed E-state index contributed by atoms with van der Waals surface area (Å²) >= 11 is 0. The normalized spacial score (nSPS) is 16.5. The molecule has 0 saturated heterocycles. The minimum Gasteiger partial charge on any atom is -0.502 e. The molecule has 37 heavy (non-hydrogen) atoms. The zero-order valence-corrected chi connectivity index (χ0v) is 23.7. The van der Waals surface area contributed by atoms with Crippen LogP contribution in [0.25, 0.3) is 10.9 Å². The fourth-order valence-corrected chi connectivity index (χ4v) is 4.28. The summed E-state index contributed by atoms with van der Waals surface area (Å²) in [6, 6.07) is 11.3. The van der Waals surface area contributed by atoms with Gasteiger partial charge in [0.1, 0.15) is 17.4 Å². The highest BCUT2D eigenvalue weighted by atomic mass is 16.5. The standard InChI is InChI=1S/C11H13N3.C11H14O4.C8H16/c1-8-12-10-7-5-4-6-9(10)11(13-8)14(2)3;1-7(12)4-8-5-9(14-2)11(13)10(6-8)15-3;1-7-3-5-8(2)6-4-7/h4-7H,1-3H3;5-6,13H,4H2,1-3H3;7-8H,3-6H2,1-2H3. The van der Waals surface area contributed by atoms with E-state index in [1.165, 1.54) is 46.8 Å². The lowest BCUT2D eigenvalue weighted by Gasteiger charge is -2.22. The molecule has 0 aliphatic heterocycles. The van der Waals surface area contributed by atoms with E-state index in [-0.39, 0.29) is 11.5 Å². The van der Waals surface area contributed by atoms with Crippen LogP contribution in [0.3, 0.4) is 0 Å². The number of para-hydroxylation sites is 1. The number of hydrogen-bond donors (Lipinski definition) is 1. The van der Waals surface area contributed by atoms with Crippen LogP contribution in [-0.4, -0.2) is 49.2 Å². The highest BCUT2D eigenvalue weighted by Gasteiger charge is 2.13. The first-order valence-corrected chi connectivity index (χ1v) is 12.9. The third-order valence-corrected chi connectivity index (χ3v) is 6.42. The van der Waals surface area contributed by atoms with Crippen molar-refractivity contribution in [1.82, 2.24) is 9.97 Å². The Balaban J connectivity index is 0.000000204. The fourth-order valence-electron chi connectivity index (χ4n) is 4.28. The smallest absolute Gasteiger partial charge is 0.200 e. The first kappa shape index (κ1) is 29.9. The van der Waals surface area contributed by atoms with E-state index in [1.54, 1.807) is 12.1 Å². The van der Waals surface area contributed by atoms with E-state index in [2.05, 4.69) is 23.8 Å². The summed E-state index contributed by atoms with van der Waals surface area (Å²) in [4.78, 5) is 21.8. The first-order valence-electron chi connectivity index (χ1n) is 12.9. The van der Waals surface area contributed by atoms with Gasteiger partial charge < -0.3 is 19.5 Å². The van der Waals surface area contributed by atoms with Crippen LogP contribution in [0.1, 0.15) is 57.8 Å². The maximum absolute atomic E-state index is 11.0. The van der Waals surface area contributed by atoms with Gasteiger partial charge in [0, 0.05) is 25.9 Å². The Kier molecular flexibility index (Phi) is 11.6. The number of fused-ring (bicyclic) bond motifs is 1. The number of Topliss-reactive ketones (excluding diaryl/α,β-unsaturated/α-hetero) is 1. The topological polar surface area (TPSA) is 84.8 Å². The molecule has 202 valence electrons. The van der Waals surface area contributed by atoms with Crippen molar-refractivity contribution >= 4 is 22.5 Å². The van der Waals surface area contributed by atoms with Crippen LogP contribution < -0.4 is 14.4 Å². The van der Waals surface area contributed by atoms with Crippen LogP contribution in [0.5, 0.6) is 17.2 Å². The number of carbonyl (C=O) groups excluding carboxylic acids is 1. The lowest BCUT2D eigenvalue weighted by Crippen LogP contribution is -2.12. The molecule has 4 rings (SSSR count). The van der Waals surface area contributed by atoms with Crippen molar-refractivity contribution in [3.63, 3.8) is 0 Å². The molecular weight excluding hydrogens is 466 g/mol. The summed E-state index contributed by atoms with van der Waals surface area (Å²) in [5.41, 5.74) is 1.76. The third-order valence-electron chi connectivity index (χ3n) is 6.42. The van der Waals surface area contributed by atoms with Crippen molar-refractivity contribution in [1.29, 1.82) is 0 Å². The number of phenolic OH excluding ortho intramolecular Hbond substituents is 1. The van der Waals surface area contributed by atoms with E-state index in [4.69, 9.17) is 9.47 Å².